The second kappa shape index (κ2) is 7.74. The van der Waals surface area contributed by atoms with E-state index in [2.05, 4.69) is 19.7 Å². The molecule has 0 bridgehead atoms. The minimum atomic E-state index is -0.364. The second-order valence-corrected chi connectivity index (χ2v) is 7.18. The first-order valence-corrected chi connectivity index (χ1v) is 9.24. The maximum Gasteiger partial charge on any atom is 0.196 e. The van der Waals surface area contributed by atoms with E-state index in [9.17, 15) is 9.59 Å². The number of nitrogens with zero attached hydrogens (tertiary/aromatic N) is 4. The highest BCUT2D eigenvalue weighted by molar-refractivity contribution is 6.05. The molecule has 8 heteroatoms. The summed E-state index contributed by atoms with van der Waals surface area (Å²) in [6.45, 7) is 9.57. The van der Waals surface area contributed by atoms with Crippen LogP contribution in [0.4, 0.5) is 0 Å². The van der Waals surface area contributed by atoms with Crippen LogP contribution in [0.5, 0.6) is 0 Å². The van der Waals surface area contributed by atoms with Crippen LogP contribution in [-0.2, 0) is 24.2 Å². The second-order valence-electron chi connectivity index (χ2n) is 7.18. The number of aryl methyl sites for hydroxylation is 1. The number of carbonyl (C=O) groups is 2. The molecule has 3 heterocycles. The standard InChI is InChI=1S/C19H27N5O3/c1-11-17(14(4)25)12(2)20-18(11)19(26)13(3)23(5)10-16-22-21-15-6-8-27-9-7-24(15)16/h13,20H,6-10H2,1-5H3. The van der Waals surface area contributed by atoms with E-state index in [-0.39, 0.29) is 17.6 Å². The maximum absolute atomic E-state index is 13.0. The van der Waals surface area contributed by atoms with Crippen molar-refractivity contribution < 1.29 is 14.3 Å². The van der Waals surface area contributed by atoms with Crippen molar-refractivity contribution in [1.29, 1.82) is 0 Å². The number of hydrogen-bond acceptors (Lipinski definition) is 6. The molecule has 0 amide bonds. The number of ketones is 2. The first-order chi connectivity index (χ1) is 12.8. The van der Waals surface area contributed by atoms with Gasteiger partial charge in [0, 0.05) is 24.2 Å². The lowest BCUT2D eigenvalue weighted by Crippen LogP contribution is -2.37. The lowest BCUT2D eigenvalue weighted by atomic mass is 10.0. The first kappa shape index (κ1) is 19.4. The number of nitrogens with one attached hydrogen (secondary N) is 1. The molecule has 2 aromatic rings. The van der Waals surface area contributed by atoms with E-state index in [4.69, 9.17) is 4.74 Å². The van der Waals surface area contributed by atoms with Gasteiger partial charge >= 0.3 is 0 Å². The van der Waals surface area contributed by atoms with Gasteiger partial charge in [-0.05, 0) is 40.3 Å². The van der Waals surface area contributed by atoms with Crippen molar-refractivity contribution in [3.05, 3.63) is 34.2 Å². The summed E-state index contributed by atoms with van der Waals surface area (Å²) in [5.41, 5.74) is 2.57. The topological polar surface area (TPSA) is 93.1 Å². The van der Waals surface area contributed by atoms with Crippen molar-refractivity contribution in [1.82, 2.24) is 24.6 Å². The molecule has 0 fully saturated rings. The first-order valence-electron chi connectivity index (χ1n) is 9.24. The fraction of sp³-hybridized carbons (Fsp3) is 0.579. The maximum atomic E-state index is 13.0. The quantitative estimate of drug-likeness (QED) is 0.775. The summed E-state index contributed by atoms with van der Waals surface area (Å²) in [4.78, 5) is 29.9. The van der Waals surface area contributed by atoms with Gasteiger partial charge in [0.25, 0.3) is 0 Å². The number of likely N-dealkylation sites (N-methyl/N-ethyl adjacent to an activating group) is 1. The molecule has 0 aromatic carbocycles. The van der Waals surface area contributed by atoms with E-state index in [0.717, 1.165) is 35.9 Å². The molecule has 3 rings (SSSR count). The van der Waals surface area contributed by atoms with Crippen LogP contribution in [0.25, 0.3) is 0 Å². The number of Topliss-reactive ketones (excluding diaryl/α,β-unsaturated/α-hetero) is 2. The number of aromatic amines is 1. The van der Waals surface area contributed by atoms with E-state index < -0.39 is 0 Å². The third-order valence-electron chi connectivity index (χ3n) is 5.30. The summed E-state index contributed by atoms with van der Waals surface area (Å²) in [6.07, 6.45) is 0.750. The summed E-state index contributed by atoms with van der Waals surface area (Å²) < 4.78 is 7.58. The van der Waals surface area contributed by atoms with Crippen LogP contribution in [0.1, 0.15) is 57.6 Å². The number of aromatic nitrogens is 4. The molecule has 0 spiro atoms. The molecule has 0 saturated heterocycles. The van der Waals surface area contributed by atoms with Gasteiger partial charge < -0.3 is 14.3 Å². The fourth-order valence-corrected chi connectivity index (χ4v) is 3.65. The van der Waals surface area contributed by atoms with Gasteiger partial charge in [0.2, 0.25) is 0 Å². The van der Waals surface area contributed by atoms with Crippen LogP contribution >= 0.6 is 0 Å². The molecule has 146 valence electrons. The summed E-state index contributed by atoms with van der Waals surface area (Å²) in [5.74, 6) is 1.69. The van der Waals surface area contributed by atoms with Gasteiger partial charge in [-0.2, -0.15) is 0 Å². The van der Waals surface area contributed by atoms with Crippen molar-refractivity contribution in [3.63, 3.8) is 0 Å². The SMILES string of the molecule is CC(=O)c1c(C)[nH]c(C(=O)C(C)N(C)Cc2nnc3n2CCOCC3)c1C. The van der Waals surface area contributed by atoms with Gasteiger partial charge in [-0.3, -0.25) is 14.5 Å². The van der Waals surface area contributed by atoms with Gasteiger partial charge in [-0.25, -0.2) is 0 Å². The van der Waals surface area contributed by atoms with Crippen molar-refractivity contribution in [2.75, 3.05) is 20.3 Å². The Morgan fingerprint density at radius 2 is 2.04 bits per heavy atom. The fourth-order valence-electron chi connectivity index (χ4n) is 3.65. The smallest absolute Gasteiger partial charge is 0.196 e. The predicted octanol–water partition coefficient (Wildman–Crippen LogP) is 1.70. The predicted molar refractivity (Wildman–Crippen MR) is 100 cm³/mol. The van der Waals surface area contributed by atoms with E-state index >= 15 is 0 Å². The summed E-state index contributed by atoms with van der Waals surface area (Å²) >= 11 is 0. The highest BCUT2D eigenvalue weighted by Crippen LogP contribution is 2.21. The lowest BCUT2D eigenvalue weighted by molar-refractivity contribution is 0.0852. The highest BCUT2D eigenvalue weighted by Gasteiger charge is 2.27. The number of hydrogen-bond donors (Lipinski definition) is 1. The van der Waals surface area contributed by atoms with Crippen LogP contribution < -0.4 is 0 Å². The van der Waals surface area contributed by atoms with Crippen molar-refractivity contribution >= 4 is 11.6 Å². The zero-order valence-corrected chi connectivity index (χ0v) is 16.6. The summed E-state index contributed by atoms with van der Waals surface area (Å²) in [7, 11) is 1.90. The molecule has 1 unspecified atom stereocenters. The van der Waals surface area contributed by atoms with Crippen LogP contribution in [0.3, 0.4) is 0 Å². The average molecular weight is 373 g/mol. The molecule has 1 aliphatic heterocycles. The van der Waals surface area contributed by atoms with E-state index in [1.54, 1.807) is 0 Å². The lowest BCUT2D eigenvalue weighted by Gasteiger charge is -2.23. The van der Waals surface area contributed by atoms with Crippen molar-refractivity contribution in [3.8, 4) is 0 Å². The largest absolute Gasteiger partial charge is 0.379 e. The van der Waals surface area contributed by atoms with Gasteiger partial charge in [0.1, 0.15) is 11.6 Å². The highest BCUT2D eigenvalue weighted by atomic mass is 16.5. The third kappa shape index (κ3) is 3.72. The van der Waals surface area contributed by atoms with Gasteiger partial charge in [-0.15, -0.1) is 10.2 Å². The van der Waals surface area contributed by atoms with Gasteiger partial charge in [-0.1, -0.05) is 0 Å². The molecule has 27 heavy (non-hydrogen) atoms. The van der Waals surface area contributed by atoms with Crippen molar-refractivity contribution in [2.24, 2.45) is 0 Å². The van der Waals surface area contributed by atoms with Crippen LogP contribution in [0.15, 0.2) is 0 Å². The number of H-pyrrole nitrogens is 1. The average Bonchev–Trinajstić information content (AvgIpc) is 3.03. The number of rotatable bonds is 6. The Hall–Kier alpha value is -2.32. The molecule has 8 nitrogen and oxygen atoms in total. The molecule has 1 atom stereocenters. The molecule has 1 N–H and O–H groups in total. The normalized spacial score (nSPS) is 15.5. The molecular weight excluding hydrogens is 346 g/mol. The monoisotopic (exact) mass is 373 g/mol. The molecule has 2 aromatic heterocycles. The molecule has 1 aliphatic rings. The number of ether oxygens (including phenoxy) is 1. The minimum absolute atomic E-state index is 0.0327. The van der Waals surface area contributed by atoms with Crippen molar-refractivity contribution in [2.45, 2.75) is 53.2 Å². The minimum Gasteiger partial charge on any atom is -0.379 e. The van der Waals surface area contributed by atoms with Crippen LogP contribution in [-0.4, -0.2) is 62.5 Å². The van der Waals surface area contributed by atoms with E-state index in [0.29, 0.717) is 31.0 Å². The molecule has 0 saturated carbocycles. The Kier molecular flexibility index (Phi) is 5.57. The van der Waals surface area contributed by atoms with Crippen LogP contribution in [0, 0.1) is 13.8 Å². The Morgan fingerprint density at radius 1 is 1.30 bits per heavy atom. The summed E-state index contributed by atoms with van der Waals surface area (Å²) in [6, 6.07) is -0.364. The summed E-state index contributed by atoms with van der Waals surface area (Å²) in [5, 5.41) is 8.56. The Labute approximate surface area is 158 Å². The van der Waals surface area contributed by atoms with Gasteiger partial charge in [0.05, 0.1) is 31.5 Å². The van der Waals surface area contributed by atoms with E-state index in [1.807, 2.05) is 32.7 Å². The van der Waals surface area contributed by atoms with Crippen LogP contribution in [0.2, 0.25) is 0 Å². The Balaban J connectivity index is 1.77. The third-order valence-corrected chi connectivity index (χ3v) is 5.30. The number of carbonyl (C=O) groups excluding carboxylic acids is 2. The molecule has 0 aliphatic carbocycles. The van der Waals surface area contributed by atoms with E-state index in [1.165, 1.54) is 6.92 Å². The van der Waals surface area contributed by atoms with Gasteiger partial charge in [0.15, 0.2) is 11.6 Å². The Bertz CT molecular complexity index is 867. The molecule has 0 radical (unpaired) electrons. The zero-order valence-electron chi connectivity index (χ0n) is 16.6. The Morgan fingerprint density at radius 3 is 2.70 bits per heavy atom. The zero-order chi connectivity index (χ0) is 19.7. The number of fused-ring (bicyclic) bond motifs is 1. The molecular formula is C19H27N5O3.